The van der Waals surface area contributed by atoms with Crippen molar-refractivity contribution in [1.82, 2.24) is 9.88 Å². The number of ether oxygens (including phenoxy) is 1. The number of nitrogens with one attached hydrogen (secondary N) is 1. The van der Waals surface area contributed by atoms with Crippen LogP contribution in [0.2, 0.25) is 0 Å². The van der Waals surface area contributed by atoms with Gasteiger partial charge < -0.3 is 4.74 Å². The lowest BCUT2D eigenvalue weighted by atomic mass is 10.1. The van der Waals surface area contributed by atoms with Gasteiger partial charge in [0.15, 0.2) is 0 Å². The molecule has 0 saturated carbocycles. The van der Waals surface area contributed by atoms with Crippen LogP contribution < -0.4 is 10.2 Å². The molecule has 6 heteroatoms. The summed E-state index contributed by atoms with van der Waals surface area (Å²) in [5.74, 6) is 0.987. The van der Waals surface area contributed by atoms with Crippen molar-refractivity contribution in [2.75, 3.05) is 25.1 Å². The summed E-state index contributed by atoms with van der Waals surface area (Å²) in [5.41, 5.74) is 7.42. The number of anilines is 1. The fraction of sp³-hybridized carbons (Fsp3) is 0.333. The van der Waals surface area contributed by atoms with E-state index in [-0.39, 0.29) is 0 Å². The second-order valence-corrected chi connectivity index (χ2v) is 8.33. The minimum Gasteiger partial charge on any atom is -0.493 e. The Labute approximate surface area is 182 Å². The predicted molar refractivity (Wildman–Crippen MR) is 126 cm³/mol. The summed E-state index contributed by atoms with van der Waals surface area (Å²) < 4.78 is 5.98. The number of hydrazone groups is 1. The van der Waals surface area contributed by atoms with Crippen LogP contribution in [0.5, 0.6) is 5.75 Å². The minimum atomic E-state index is 0.746. The van der Waals surface area contributed by atoms with Crippen molar-refractivity contribution in [2.24, 2.45) is 5.10 Å². The standard InChI is InChI=1S/C24H28N4OS/c1-2-14-29-23-11-10-19(15-21(23)17-28-12-6-7-13-28)16-25-27-24-26-22(18-30-24)20-8-4-3-5-9-20/h3-5,8-11,15-16,18H,2,6-7,12-14,17H2,1H3,(H,26,27). The van der Waals surface area contributed by atoms with E-state index in [0.717, 1.165) is 47.3 Å². The number of aromatic nitrogens is 1. The second kappa shape index (κ2) is 10.4. The first-order valence-corrected chi connectivity index (χ1v) is 11.5. The molecule has 0 atom stereocenters. The largest absolute Gasteiger partial charge is 0.493 e. The highest BCUT2D eigenvalue weighted by molar-refractivity contribution is 7.14. The lowest BCUT2D eigenvalue weighted by Gasteiger charge is -2.18. The van der Waals surface area contributed by atoms with Gasteiger partial charge in [0.25, 0.3) is 0 Å². The molecule has 2 aromatic carbocycles. The Morgan fingerprint density at radius 2 is 2.00 bits per heavy atom. The molecule has 0 spiro atoms. The van der Waals surface area contributed by atoms with Gasteiger partial charge in [0.1, 0.15) is 5.75 Å². The van der Waals surface area contributed by atoms with Crippen molar-refractivity contribution in [3.8, 4) is 17.0 Å². The van der Waals surface area contributed by atoms with Crippen molar-refractivity contribution in [3.63, 3.8) is 0 Å². The van der Waals surface area contributed by atoms with Gasteiger partial charge in [-0.1, -0.05) is 37.3 Å². The summed E-state index contributed by atoms with van der Waals surface area (Å²) >= 11 is 1.55. The highest BCUT2D eigenvalue weighted by atomic mass is 32.1. The fourth-order valence-electron chi connectivity index (χ4n) is 3.57. The summed E-state index contributed by atoms with van der Waals surface area (Å²) in [7, 11) is 0. The van der Waals surface area contributed by atoms with Crippen LogP contribution in [0.3, 0.4) is 0 Å². The molecule has 1 fully saturated rings. The molecule has 156 valence electrons. The average molecular weight is 421 g/mol. The van der Waals surface area contributed by atoms with Crippen molar-refractivity contribution in [3.05, 3.63) is 65.0 Å². The Bertz CT molecular complexity index is 964. The van der Waals surface area contributed by atoms with Crippen LogP contribution in [0.15, 0.2) is 59.0 Å². The zero-order valence-electron chi connectivity index (χ0n) is 17.4. The highest BCUT2D eigenvalue weighted by Crippen LogP contribution is 2.25. The van der Waals surface area contributed by atoms with Crippen molar-refractivity contribution < 1.29 is 4.74 Å². The molecular formula is C24H28N4OS. The van der Waals surface area contributed by atoms with E-state index in [9.17, 15) is 0 Å². The topological polar surface area (TPSA) is 49.8 Å². The molecule has 0 bridgehead atoms. The third-order valence-electron chi connectivity index (χ3n) is 5.09. The molecule has 3 aromatic rings. The maximum atomic E-state index is 5.98. The molecule has 0 radical (unpaired) electrons. The molecule has 1 saturated heterocycles. The van der Waals surface area contributed by atoms with Crippen molar-refractivity contribution in [2.45, 2.75) is 32.7 Å². The van der Waals surface area contributed by atoms with E-state index < -0.39 is 0 Å². The summed E-state index contributed by atoms with van der Waals surface area (Å²) in [6.45, 7) is 6.15. The van der Waals surface area contributed by atoms with E-state index in [1.165, 1.54) is 31.5 Å². The average Bonchev–Trinajstić information content (AvgIpc) is 3.46. The minimum absolute atomic E-state index is 0.746. The number of nitrogens with zero attached hydrogens (tertiary/aromatic N) is 3. The van der Waals surface area contributed by atoms with Gasteiger partial charge >= 0.3 is 0 Å². The second-order valence-electron chi connectivity index (χ2n) is 7.47. The third kappa shape index (κ3) is 5.46. The van der Waals surface area contributed by atoms with Gasteiger partial charge in [-0.3, -0.25) is 10.3 Å². The van der Waals surface area contributed by atoms with Crippen LogP contribution in [-0.4, -0.2) is 35.8 Å². The maximum absolute atomic E-state index is 5.98. The van der Waals surface area contributed by atoms with Gasteiger partial charge in [0, 0.05) is 23.1 Å². The van der Waals surface area contributed by atoms with Crippen LogP contribution in [0.25, 0.3) is 11.3 Å². The highest BCUT2D eigenvalue weighted by Gasteiger charge is 2.14. The van der Waals surface area contributed by atoms with E-state index in [0.29, 0.717) is 0 Å². The van der Waals surface area contributed by atoms with Crippen LogP contribution in [0.1, 0.15) is 37.3 Å². The molecular weight excluding hydrogens is 392 g/mol. The quantitative estimate of drug-likeness (QED) is 0.359. The van der Waals surface area contributed by atoms with Crippen LogP contribution >= 0.6 is 11.3 Å². The monoisotopic (exact) mass is 420 g/mol. The number of hydrogen-bond donors (Lipinski definition) is 1. The molecule has 2 heterocycles. The first-order chi connectivity index (χ1) is 14.8. The third-order valence-corrected chi connectivity index (χ3v) is 5.83. The number of thiazole rings is 1. The number of hydrogen-bond acceptors (Lipinski definition) is 6. The zero-order chi connectivity index (χ0) is 20.6. The van der Waals surface area contributed by atoms with Gasteiger partial charge in [-0.15, -0.1) is 11.3 Å². The van der Waals surface area contributed by atoms with E-state index in [1.54, 1.807) is 11.3 Å². The Hall–Kier alpha value is -2.70. The maximum Gasteiger partial charge on any atom is 0.203 e. The van der Waals surface area contributed by atoms with E-state index >= 15 is 0 Å². The van der Waals surface area contributed by atoms with Crippen molar-refractivity contribution >= 4 is 22.7 Å². The first kappa shape index (κ1) is 20.6. The van der Waals surface area contributed by atoms with Crippen LogP contribution in [-0.2, 0) is 6.54 Å². The summed E-state index contributed by atoms with van der Waals surface area (Å²) in [6, 6.07) is 16.5. The number of benzene rings is 2. The van der Waals surface area contributed by atoms with E-state index in [4.69, 9.17) is 4.74 Å². The van der Waals surface area contributed by atoms with Gasteiger partial charge in [0.05, 0.1) is 18.5 Å². The normalized spacial score (nSPS) is 14.4. The summed E-state index contributed by atoms with van der Waals surface area (Å²) in [4.78, 5) is 7.11. The molecule has 0 unspecified atom stereocenters. The molecule has 4 rings (SSSR count). The van der Waals surface area contributed by atoms with Crippen molar-refractivity contribution in [1.29, 1.82) is 0 Å². The van der Waals surface area contributed by atoms with Gasteiger partial charge in [-0.25, -0.2) is 4.98 Å². The molecule has 1 aliphatic rings. The van der Waals surface area contributed by atoms with Gasteiger partial charge in [-0.05, 0) is 56.1 Å². The molecule has 1 N–H and O–H groups in total. The summed E-state index contributed by atoms with van der Waals surface area (Å²) in [5, 5.41) is 7.23. The zero-order valence-corrected chi connectivity index (χ0v) is 18.2. The molecule has 5 nitrogen and oxygen atoms in total. The molecule has 0 amide bonds. The van der Waals surface area contributed by atoms with Gasteiger partial charge in [0.2, 0.25) is 5.13 Å². The summed E-state index contributed by atoms with van der Waals surface area (Å²) in [6.07, 6.45) is 5.43. The molecule has 1 aliphatic heterocycles. The smallest absolute Gasteiger partial charge is 0.203 e. The lowest BCUT2D eigenvalue weighted by molar-refractivity contribution is 0.293. The van der Waals surface area contributed by atoms with Gasteiger partial charge in [-0.2, -0.15) is 5.10 Å². The first-order valence-electron chi connectivity index (χ1n) is 10.6. The SMILES string of the molecule is CCCOc1ccc(C=NNc2nc(-c3ccccc3)cs2)cc1CN1CCCC1. The number of rotatable bonds is 9. The molecule has 30 heavy (non-hydrogen) atoms. The Balaban J connectivity index is 1.43. The van der Waals surface area contributed by atoms with E-state index in [1.807, 2.05) is 29.8 Å². The molecule has 1 aromatic heterocycles. The predicted octanol–water partition coefficient (Wildman–Crippen LogP) is 5.64. The Morgan fingerprint density at radius 3 is 2.80 bits per heavy atom. The fourth-order valence-corrected chi connectivity index (χ4v) is 4.23. The van der Waals surface area contributed by atoms with E-state index in [2.05, 4.69) is 57.7 Å². The molecule has 0 aliphatic carbocycles. The number of likely N-dealkylation sites (tertiary alicyclic amines) is 1. The Kier molecular flexibility index (Phi) is 7.11. The van der Waals surface area contributed by atoms with Crippen LogP contribution in [0.4, 0.5) is 5.13 Å². The Morgan fingerprint density at radius 1 is 1.17 bits per heavy atom. The van der Waals surface area contributed by atoms with Crippen LogP contribution in [0, 0.1) is 0 Å². The lowest BCUT2D eigenvalue weighted by Crippen LogP contribution is -2.19.